The Morgan fingerprint density at radius 3 is 2.71 bits per heavy atom. The molecule has 0 saturated carbocycles. The lowest BCUT2D eigenvalue weighted by molar-refractivity contribution is 0.473. The molecular weight excluding hydrogens is 292 g/mol. The van der Waals surface area contributed by atoms with Gasteiger partial charge < -0.3 is 14.6 Å². The van der Waals surface area contributed by atoms with Gasteiger partial charge in [0.1, 0.15) is 22.2 Å². The molecule has 0 amide bonds. The van der Waals surface area contributed by atoms with Crippen LogP contribution in [0.3, 0.4) is 0 Å². The van der Waals surface area contributed by atoms with E-state index in [1.807, 2.05) is 19.1 Å². The van der Waals surface area contributed by atoms with Gasteiger partial charge in [-0.3, -0.25) is 0 Å². The zero-order chi connectivity index (χ0) is 15.5. The molecule has 0 spiro atoms. The van der Waals surface area contributed by atoms with E-state index in [4.69, 9.17) is 14.6 Å². The number of rotatable bonds is 7. The van der Waals surface area contributed by atoms with Crippen LogP contribution in [0, 0.1) is 6.92 Å². The normalized spacial score (nSPS) is 13.5. The Kier molecular flexibility index (Phi) is 4.87. The maximum atomic E-state index is 12.3. The van der Waals surface area contributed by atoms with E-state index < -0.39 is 10.0 Å². The largest absolute Gasteiger partial charge is 0.469 e. The fourth-order valence-electron chi connectivity index (χ4n) is 2.09. The van der Waals surface area contributed by atoms with E-state index in [0.717, 1.165) is 5.76 Å². The number of furan rings is 2. The van der Waals surface area contributed by atoms with E-state index in [1.54, 1.807) is 13.2 Å². The molecule has 3 N–H and O–H groups in total. The minimum absolute atomic E-state index is 0.146. The molecule has 0 aliphatic rings. The third kappa shape index (κ3) is 3.96. The van der Waals surface area contributed by atoms with Gasteiger partial charge in [0.2, 0.25) is 10.0 Å². The second-order valence-corrected chi connectivity index (χ2v) is 6.66. The van der Waals surface area contributed by atoms with Crippen molar-refractivity contribution >= 4 is 10.0 Å². The van der Waals surface area contributed by atoms with Gasteiger partial charge in [-0.25, -0.2) is 13.1 Å². The quantitative estimate of drug-likeness (QED) is 0.814. The molecule has 0 aromatic carbocycles. The summed E-state index contributed by atoms with van der Waals surface area (Å²) in [5.74, 6) is 1.64. The van der Waals surface area contributed by atoms with Crippen LogP contribution in [0.15, 0.2) is 38.2 Å². The first-order chi connectivity index (χ1) is 9.92. The summed E-state index contributed by atoms with van der Waals surface area (Å²) in [6, 6.07) is 4.94. The molecule has 2 aromatic heterocycles. The Bertz CT molecular complexity index is 674. The predicted molar refractivity (Wildman–Crippen MR) is 78.1 cm³/mol. The fraction of sp³-hybridized carbons (Fsp3) is 0.429. The van der Waals surface area contributed by atoms with E-state index in [0.29, 0.717) is 24.4 Å². The van der Waals surface area contributed by atoms with Crippen molar-refractivity contribution < 1.29 is 17.3 Å². The summed E-state index contributed by atoms with van der Waals surface area (Å²) in [4.78, 5) is 0.146. The molecule has 0 fully saturated rings. The lowest BCUT2D eigenvalue weighted by Gasteiger charge is -2.13. The molecule has 0 bridgehead atoms. The molecule has 0 saturated heterocycles. The second kappa shape index (κ2) is 6.46. The fourth-order valence-corrected chi connectivity index (χ4v) is 3.57. The minimum Gasteiger partial charge on any atom is -0.469 e. The standard InChI is InChI=1S/C14H20N2O4S/c1-10(5-6-12-4-3-7-19-12)16-21(17,18)14-8-13(9-15)20-11(14)2/h3-4,7-8,10,16H,5-6,9,15H2,1-2H3. The third-order valence-electron chi connectivity index (χ3n) is 3.17. The molecule has 2 aromatic rings. The summed E-state index contributed by atoms with van der Waals surface area (Å²) < 4.78 is 37.8. The summed E-state index contributed by atoms with van der Waals surface area (Å²) in [5, 5.41) is 0. The zero-order valence-corrected chi connectivity index (χ0v) is 12.9. The van der Waals surface area contributed by atoms with Crippen LogP contribution in [-0.4, -0.2) is 14.5 Å². The van der Waals surface area contributed by atoms with E-state index in [2.05, 4.69) is 4.72 Å². The Labute approximate surface area is 124 Å². The lowest BCUT2D eigenvalue weighted by atomic mass is 10.2. The third-order valence-corrected chi connectivity index (χ3v) is 4.87. The molecule has 6 nitrogen and oxygen atoms in total. The van der Waals surface area contributed by atoms with Crippen molar-refractivity contribution in [1.29, 1.82) is 0 Å². The van der Waals surface area contributed by atoms with Gasteiger partial charge in [-0.05, 0) is 32.4 Å². The molecule has 1 atom stereocenters. The van der Waals surface area contributed by atoms with Gasteiger partial charge >= 0.3 is 0 Å². The van der Waals surface area contributed by atoms with Gasteiger partial charge in [0.25, 0.3) is 0 Å². The van der Waals surface area contributed by atoms with Crippen LogP contribution < -0.4 is 10.5 Å². The van der Waals surface area contributed by atoms with E-state index in [-0.39, 0.29) is 17.5 Å². The highest BCUT2D eigenvalue weighted by atomic mass is 32.2. The number of nitrogens with one attached hydrogen (secondary N) is 1. The Morgan fingerprint density at radius 2 is 2.14 bits per heavy atom. The lowest BCUT2D eigenvalue weighted by Crippen LogP contribution is -2.33. The Hall–Kier alpha value is -1.57. The zero-order valence-electron chi connectivity index (χ0n) is 12.1. The highest BCUT2D eigenvalue weighted by molar-refractivity contribution is 7.89. The summed E-state index contributed by atoms with van der Waals surface area (Å²) in [7, 11) is -3.60. The molecule has 1 unspecified atom stereocenters. The van der Waals surface area contributed by atoms with Crippen LogP contribution in [0.25, 0.3) is 0 Å². The first-order valence-corrected chi connectivity index (χ1v) is 8.25. The second-order valence-electron chi connectivity index (χ2n) is 4.98. The van der Waals surface area contributed by atoms with Crippen molar-refractivity contribution in [2.45, 2.75) is 44.2 Å². The molecule has 7 heteroatoms. The minimum atomic E-state index is -3.60. The highest BCUT2D eigenvalue weighted by Gasteiger charge is 2.23. The summed E-state index contributed by atoms with van der Waals surface area (Å²) >= 11 is 0. The summed E-state index contributed by atoms with van der Waals surface area (Å²) in [6.07, 6.45) is 2.93. The Balaban J connectivity index is 2.00. The maximum absolute atomic E-state index is 12.3. The predicted octanol–water partition coefficient (Wildman–Crippen LogP) is 1.94. The van der Waals surface area contributed by atoms with Gasteiger partial charge in [0.05, 0.1) is 12.8 Å². The van der Waals surface area contributed by atoms with Crippen molar-refractivity contribution in [1.82, 2.24) is 4.72 Å². The van der Waals surface area contributed by atoms with Crippen molar-refractivity contribution in [3.8, 4) is 0 Å². The highest BCUT2D eigenvalue weighted by Crippen LogP contribution is 2.20. The molecule has 0 aliphatic carbocycles. The monoisotopic (exact) mass is 312 g/mol. The molecule has 0 aliphatic heterocycles. The van der Waals surface area contributed by atoms with Crippen molar-refractivity contribution in [2.24, 2.45) is 5.73 Å². The first kappa shape index (κ1) is 15.8. The average Bonchev–Trinajstić information content (AvgIpc) is 3.04. The van der Waals surface area contributed by atoms with Crippen LogP contribution in [0.5, 0.6) is 0 Å². The number of nitrogens with two attached hydrogens (primary N) is 1. The number of hydrogen-bond donors (Lipinski definition) is 2. The number of sulfonamides is 1. The van der Waals surface area contributed by atoms with Gasteiger partial charge in [-0.1, -0.05) is 0 Å². The molecule has 21 heavy (non-hydrogen) atoms. The maximum Gasteiger partial charge on any atom is 0.244 e. The summed E-state index contributed by atoms with van der Waals surface area (Å²) in [6.45, 7) is 3.60. The summed E-state index contributed by atoms with van der Waals surface area (Å²) in [5.41, 5.74) is 5.46. The van der Waals surface area contributed by atoms with Crippen LogP contribution in [-0.2, 0) is 23.0 Å². The molecule has 2 rings (SSSR count). The van der Waals surface area contributed by atoms with Crippen molar-refractivity contribution in [3.05, 3.63) is 41.7 Å². The van der Waals surface area contributed by atoms with Crippen LogP contribution in [0.2, 0.25) is 0 Å². The van der Waals surface area contributed by atoms with Gasteiger partial charge in [0, 0.05) is 18.5 Å². The molecule has 2 heterocycles. The molecule has 0 radical (unpaired) electrons. The van der Waals surface area contributed by atoms with E-state index in [1.165, 1.54) is 6.07 Å². The van der Waals surface area contributed by atoms with Crippen molar-refractivity contribution in [2.75, 3.05) is 0 Å². The molecular formula is C14H20N2O4S. The molecule has 116 valence electrons. The van der Waals surface area contributed by atoms with Crippen LogP contribution in [0.4, 0.5) is 0 Å². The average molecular weight is 312 g/mol. The number of aryl methyl sites for hydroxylation is 2. The SMILES string of the molecule is Cc1oc(CN)cc1S(=O)(=O)NC(C)CCc1ccco1. The van der Waals surface area contributed by atoms with Gasteiger partial charge in [0.15, 0.2) is 0 Å². The topological polar surface area (TPSA) is 98.5 Å². The smallest absolute Gasteiger partial charge is 0.244 e. The number of hydrogen-bond acceptors (Lipinski definition) is 5. The van der Waals surface area contributed by atoms with Crippen molar-refractivity contribution in [3.63, 3.8) is 0 Å². The Morgan fingerprint density at radius 1 is 1.38 bits per heavy atom. The first-order valence-electron chi connectivity index (χ1n) is 6.76. The van der Waals surface area contributed by atoms with Crippen LogP contribution >= 0.6 is 0 Å². The van der Waals surface area contributed by atoms with E-state index in [9.17, 15) is 8.42 Å². The van der Waals surface area contributed by atoms with Gasteiger partial charge in [-0.2, -0.15) is 0 Å². The van der Waals surface area contributed by atoms with Gasteiger partial charge in [-0.15, -0.1) is 0 Å². The van der Waals surface area contributed by atoms with E-state index >= 15 is 0 Å². The van der Waals surface area contributed by atoms with Crippen LogP contribution in [0.1, 0.15) is 30.6 Å².